The minimum absolute atomic E-state index is 0.197. The van der Waals surface area contributed by atoms with Gasteiger partial charge in [-0.15, -0.1) is 0 Å². The standard InChI is InChI=1S/C17H16ClN3O/c1-10-8-9-13(18)14-15(10)20-16(11(2)19)21(17(14)22)12-6-4-3-5-7-12/h3-9,11H,19H2,1-2H3. The SMILES string of the molecule is Cc1ccc(Cl)c2c(=O)n(-c3ccccc3)c(C(C)N)nc12. The molecule has 0 aliphatic rings. The van der Waals surface area contributed by atoms with Crippen molar-refractivity contribution < 1.29 is 0 Å². The lowest BCUT2D eigenvalue weighted by Crippen LogP contribution is -2.27. The Morgan fingerprint density at radius 1 is 1.18 bits per heavy atom. The first-order valence-corrected chi connectivity index (χ1v) is 7.41. The van der Waals surface area contributed by atoms with Crippen LogP contribution in [-0.2, 0) is 0 Å². The van der Waals surface area contributed by atoms with Crippen LogP contribution in [-0.4, -0.2) is 9.55 Å². The van der Waals surface area contributed by atoms with Crippen molar-refractivity contribution in [3.8, 4) is 5.69 Å². The second-order valence-corrected chi connectivity index (χ2v) is 5.73. The quantitative estimate of drug-likeness (QED) is 0.789. The Balaban J connectivity index is 2.51. The van der Waals surface area contributed by atoms with Crippen molar-refractivity contribution in [2.24, 2.45) is 5.73 Å². The zero-order chi connectivity index (χ0) is 15.9. The van der Waals surface area contributed by atoms with Gasteiger partial charge >= 0.3 is 0 Å². The number of benzene rings is 2. The number of aromatic nitrogens is 2. The van der Waals surface area contributed by atoms with E-state index in [2.05, 4.69) is 4.98 Å². The molecule has 3 rings (SSSR count). The fourth-order valence-electron chi connectivity index (χ4n) is 2.53. The lowest BCUT2D eigenvalue weighted by Gasteiger charge is -2.17. The second-order valence-electron chi connectivity index (χ2n) is 5.32. The van der Waals surface area contributed by atoms with E-state index >= 15 is 0 Å². The average Bonchev–Trinajstić information content (AvgIpc) is 2.51. The molecule has 0 amide bonds. The molecule has 0 aliphatic carbocycles. The molecule has 1 heterocycles. The van der Waals surface area contributed by atoms with Crippen molar-refractivity contribution >= 4 is 22.5 Å². The lowest BCUT2D eigenvalue weighted by molar-refractivity contribution is 0.696. The smallest absolute Gasteiger partial charge is 0.267 e. The van der Waals surface area contributed by atoms with E-state index in [-0.39, 0.29) is 11.6 Å². The van der Waals surface area contributed by atoms with E-state index in [9.17, 15) is 4.79 Å². The van der Waals surface area contributed by atoms with Gasteiger partial charge in [0.25, 0.3) is 5.56 Å². The molecule has 0 spiro atoms. The minimum atomic E-state index is -0.379. The van der Waals surface area contributed by atoms with Gasteiger partial charge in [0.2, 0.25) is 0 Å². The van der Waals surface area contributed by atoms with Crippen molar-refractivity contribution in [3.05, 3.63) is 69.2 Å². The number of fused-ring (bicyclic) bond motifs is 1. The molecule has 1 aromatic heterocycles. The fourth-order valence-corrected chi connectivity index (χ4v) is 2.76. The highest BCUT2D eigenvalue weighted by Gasteiger charge is 2.18. The number of nitrogens with two attached hydrogens (primary N) is 1. The third kappa shape index (κ3) is 2.30. The fraction of sp³-hybridized carbons (Fsp3) is 0.176. The van der Waals surface area contributed by atoms with Gasteiger partial charge in [-0.05, 0) is 37.6 Å². The molecule has 2 aromatic carbocycles. The van der Waals surface area contributed by atoms with E-state index in [1.54, 1.807) is 10.6 Å². The van der Waals surface area contributed by atoms with Crippen LogP contribution in [0.3, 0.4) is 0 Å². The minimum Gasteiger partial charge on any atom is -0.322 e. The summed E-state index contributed by atoms with van der Waals surface area (Å²) in [5.74, 6) is 0.522. The summed E-state index contributed by atoms with van der Waals surface area (Å²) in [5.41, 5.74) is 8.09. The van der Waals surface area contributed by atoms with Crippen LogP contribution in [0.4, 0.5) is 0 Å². The van der Waals surface area contributed by atoms with E-state index in [0.717, 1.165) is 11.3 Å². The molecule has 4 nitrogen and oxygen atoms in total. The molecular formula is C17H16ClN3O. The van der Waals surface area contributed by atoms with E-state index in [4.69, 9.17) is 17.3 Å². The zero-order valence-corrected chi connectivity index (χ0v) is 13.1. The molecule has 3 aromatic rings. The van der Waals surface area contributed by atoms with Crippen LogP contribution in [0.1, 0.15) is 24.4 Å². The predicted octanol–water partition coefficient (Wildman–Crippen LogP) is 3.37. The summed E-state index contributed by atoms with van der Waals surface area (Å²) in [6.07, 6.45) is 0. The van der Waals surface area contributed by atoms with Crippen LogP contribution in [0.5, 0.6) is 0 Å². The molecule has 1 unspecified atom stereocenters. The van der Waals surface area contributed by atoms with Crippen molar-refractivity contribution in [1.82, 2.24) is 9.55 Å². The Bertz CT molecular complexity index is 901. The first kappa shape index (κ1) is 14.8. The Morgan fingerprint density at radius 2 is 1.86 bits per heavy atom. The van der Waals surface area contributed by atoms with Gasteiger partial charge in [0.05, 0.1) is 27.7 Å². The molecule has 0 bridgehead atoms. The number of hydrogen-bond donors (Lipinski definition) is 1. The number of para-hydroxylation sites is 1. The Labute approximate surface area is 133 Å². The normalized spacial score (nSPS) is 12.5. The third-order valence-corrected chi connectivity index (χ3v) is 3.94. The first-order valence-electron chi connectivity index (χ1n) is 7.03. The van der Waals surface area contributed by atoms with Crippen molar-refractivity contribution in [2.75, 3.05) is 0 Å². The molecule has 0 saturated heterocycles. The molecule has 0 radical (unpaired) electrons. The topological polar surface area (TPSA) is 60.9 Å². The number of halogens is 1. The number of aryl methyl sites for hydroxylation is 1. The third-order valence-electron chi connectivity index (χ3n) is 3.62. The van der Waals surface area contributed by atoms with Gasteiger partial charge < -0.3 is 5.73 Å². The second kappa shape index (κ2) is 5.55. The summed E-state index contributed by atoms with van der Waals surface area (Å²) in [5, 5.41) is 0.828. The summed E-state index contributed by atoms with van der Waals surface area (Å²) in [6, 6.07) is 12.5. The molecule has 2 N–H and O–H groups in total. The van der Waals surface area contributed by atoms with E-state index in [1.165, 1.54) is 0 Å². The highest BCUT2D eigenvalue weighted by molar-refractivity contribution is 6.35. The molecule has 22 heavy (non-hydrogen) atoms. The zero-order valence-electron chi connectivity index (χ0n) is 12.4. The molecule has 1 atom stereocenters. The van der Waals surface area contributed by atoms with E-state index in [1.807, 2.05) is 50.2 Å². The largest absolute Gasteiger partial charge is 0.322 e. The van der Waals surface area contributed by atoms with Crippen LogP contribution >= 0.6 is 11.6 Å². The molecule has 0 aliphatic heterocycles. The summed E-state index contributed by atoms with van der Waals surface area (Å²) in [4.78, 5) is 17.6. The molecule has 0 saturated carbocycles. The number of rotatable bonds is 2. The lowest BCUT2D eigenvalue weighted by atomic mass is 10.1. The van der Waals surface area contributed by atoms with Crippen molar-refractivity contribution in [2.45, 2.75) is 19.9 Å². The van der Waals surface area contributed by atoms with Gasteiger partial charge in [0.1, 0.15) is 5.82 Å². The highest BCUT2D eigenvalue weighted by Crippen LogP contribution is 2.24. The van der Waals surface area contributed by atoms with Gasteiger partial charge in [0.15, 0.2) is 0 Å². The van der Waals surface area contributed by atoms with Gasteiger partial charge in [-0.25, -0.2) is 4.98 Å². The summed E-state index contributed by atoms with van der Waals surface area (Å²) in [7, 11) is 0. The van der Waals surface area contributed by atoms with Gasteiger partial charge in [0, 0.05) is 0 Å². The highest BCUT2D eigenvalue weighted by atomic mass is 35.5. The molecule has 0 fully saturated rings. The molecular weight excluding hydrogens is 298 g/mol. The van der Waals surface area contributed by atoms with Crippen LogP contribution in [0.2, 0.25) is 5.02 Å². The first-order chi connectivity index (χ1) is 10.5. The van der Waals surface area contributed by atoms with E-state index in [0.29, 0.717) is 21.7 Å². The van der Waals surface area contributed by atoms with Gasteiger partial charge in [-0.3, -0.25) is 9.36 Å². The summed E-state index contributed by atoms with van der Waals surface area (Å²) < 4.78 is 1.54. The maximum absolute atomic E-state index is 13.0. The Morgan fingerprint density at radius 3 is 2.50 bits per heavy atom. The van der Waals surface area contributed by atoms with Crippen LogP contribution in [0.25, 0.3) is 16.6 Å². The Hall–Kier alpha value is -2.17. The monoisotopic (exact) mass is 313 g/mol. The average molecular weight is 314 g/mol. The van der Waals surface area contributed by atoms with Crippen molar-refractivity contribution in [1.29, 1.82) is 0 Å². The molecule has 112 valence electrons. The van der Waals surface area contributed by atoms with Gasteiger partial charge in [-0.1, -0.05) is 35.9 Å². The predicted molar refractivity (Wildman–Crippen MR) is 89.7 cm³/mol. The van der Waals surface area contributed by atoms with Gasteiger partial charge in [-0.2, -0.15) is 0 Å². The Kier molecular flexibility index (Phi) is 3.72. The van der Waals surface area contributed by atoms with Crippen LogP contribution in [0.15, 0.2) is 47.3 Å². The van der Waals surface area contributed by atoms with Crippen molar-refractivity contribution in [3.63, 3.8) is 0 Å². The summed E-state index contributed by atoms with van der Waals surface area (Å²) >= 11 is 6.24. The maximum Gasteiger partial charge on any atom is 0.267 e. The number of hydrogen-bond acceptors (Lipinski definition) is 3. The van der Waals surface area contributed by atoms with E-state index < -0.39 is 0 Å². The van der Waals surface area contributed by atoms with Crippen LogP contribution < -0.4 is 11.3 Å². The summed E-state index contributed by atoms with van der Waals surface area (Å²) in [6.45, 7) is 3.72. The maximum atomic E-state index is 13.0. The molecule has 5 heteroatoms. The van der Waals surface area contributed by atoms with Crippen LogP contribution in [0, 0.1) is 6.92 Å². The number of nitrogens with zero attached hydrogens (tertiary/aromatic N) is 2.